The molecular weight excluding hydrogens is 335 g/mol. The van der Waals surface area contributed by atoms with Crippen molar-refractivity contribution in [1.29, 1.82) is 0 Å². The minimum Gasteiger partial charge on any atom is -0.355 e. The fraction of sp³-hybridized carbons (Fsp3) is 0. The van der Waals surface area contributed by atoms with E-state index in [1.165, 1.54) is 0 Å². The molecule has 0 fully saturated rings. The van der Waals surface area contributed by atoms with Gasteiger partial charge in [-0.05, 0) is 72.8 Å². The number of aromatic amines is 2. The number of rotatable bonds is 0. The summed E-state index contributed by atoms with van der Waals surface area (Å²) in [6.45, 7) is 0. The number of nitrogens with one attached hydrogen (secondary N) is 2. The number of aromatic nitrogens is 4. The molecule has 25 heavy (non-hydrogen) atoms. The normalized spacial score (nSPS) is 12.2. The molecule has 5 rings (SSSR count). The smallest absolute Gasteiger partial charge is 0.0659 e. The molecule has 115 valence electrons. The number of nitrogens with zero attached hydrogens (tertiary/aromatic N) is 2. The summed E-state index contributed by atoms with van der Waals surface area (Å²) in [6, 6.07) is 16.4. The van der Waals surface area contributed by atoms with Crippen LogP contribution in [0.25, 0.3) is 46.4 Å². The first kappa shape index (κ1) is 16.7. The van der Waals surface area contributed by atoms with E-state index in [-0.39, 0.29) is 51.4 Å². The van der Waals surface area contributed by atoms with Crippen LogP contribution in [0.2, 0.25) is 0 Å². The molecule has 1 radical (unpaired) electrons. The van der Waals surface area contributed by atoms with Gasteiger partial charge in [0.05, 0.1) is 22.8 Å². The van der Waals surface area contributed by atoms with Crippen LogP contribution in [0.1, 0.15) is 22.8 Å². The molecule has 0 unspecified atom stereocenters. The molecule has 0 amide bonds. The topological polar surface area (TPSA) is 57.4 Å². The first-order valence-electron chi connectivity index (χ1n) is 7.85. The molecule has 8 bridgehead atoms. The van der Waals surface area contributed by atoms with Crippen LogP contribution in [-0.4, -0.2) is 71.3 Å². The van der Waals surface area contributed by atoms with E-state index < -0.39 is 0 Å². The van der Waals surface area contributed by atoms with Gasteiger partial charge in [-0.15, -0.1) is 0 Å². The molecule has 2 aliphatic heterocycles. The molecule has 4 nitrogen and oxygen atoms in total. The second-order valence-corrected chi connectivity index (χ2v) is 5.91. The van der Waals surface area contributed by atoms with Crippen molar-refractivity contribution in [3.63, 3.8) is 0 Å². The maximum Gasteiger partial charge on any atom is 0.0659 e. The minimum atomic E-state index is 0. The maximum absolute atomic E-state index is 4.62. The average Bonchev–Trinajstić information content (AvgIpc) is 3.32. The summed E-state index contributed by atoms with van der Waals surface area (Å²) in [6.07, 6.45) is 8.05. The van der Waals surface area contributed by atoms with Crippen LogP contribution in [0.4, 0.5) is 0 Å². The monoisotopic (exact) mass is 349 g/mol. The van der Waals surface area contributed by atoms with E-state index in [4.69, 9.17) is 0 Å². The third-order valence-electron chi connectivity index (χ3n) is 4.04. The van der Waals surface area contributed by atoms with Gasteiger partial charge in [-0.25, -0.2) is 9.97 Å². The Balaban J connectivity index is 0.00000157. The SMILES string of the molecule is C1=Cc2cc3ccc(cc4ccc(cc5nc(cc1n2)C=C5)[nH]4)[nH]3.[K]. The third-order valence-corrected chi connectivity index (χ3v) is 4.04. The van der Waals surface area contributed by atoms with Crippen LogP contribution < -0.4 is 0 Å². The number of hydrogen-bond acceptors (Lipinski definition) is 2. The van der Waals surface area contributed by atoms with Gasteiger partial charge in [0.25, 0.3) is 0 Å². The molecule has 0 atom stereocenters. The molecule has 0 spiro atoms. The summed E-state index contributed by atoms with van der Waals surface area (Å²) in [5, 5.41) is 0. The zero-order valence-electron chi connectivity index (χ0n) is 13.8. The Morgan fingerprint density at radius 1 is 0.480 bits per heavy atom. The summed E-state index contributed by atoms with van der Waals surface area (Å²) < 4.78 is 0. The Kier molecular flexibility index (Phi) is 4.58. The Morgan fingerprint density at radius 3 is 1.28 bits per heavy atom. The summed E-state index contributed by atoms with van der Waals surface area (Å²) in [4.78, 5) is 16.0. The van der Waals surface area contributed by atoms with E-state index in [2.05, 4.69) is 50.3 Å². The van der Waals surface area contributed by atoms with E-state index in [1.54, 1.807) is 0 Å². The molecule has 5 heteroatoms. The van der Waals surface area contributed by atoms with Crippen LogP contribution in [0.5, 0.6) is 0 Å². The van der Waals surface area contributed by atoms with Crippen molar-refractivity contribution in [1.82, 2.24) is 19.9 Å². The van der Waals surface area contributed by atoms with Gasteiger partial charge >= 0.3 is 0 Å². The Hall–Kier alpha value is -1.76. The van der Waals surface area contributed by atoms with Gasteiger partial charge in [0.1, 0.15) is 0 Å². The Bertz CT molecular complexity index is 1080. The molecule has 0 aromatic carbocycles. The van der Waals surface area contributed by atoms with Crippen molar-refractivity contribution in [2.24, 2.45) is 0 Å². The van der Waals surface area contributed by atoms with Crippen molar-refractivity contribution < 1.29 is 0 Å². The van der Waals surface area contributed by atoms with Gasteiger partial charge in [0.15, 0.2) is 0 Å². The molecule has 5 heterocycles. The summed E-state index contributed by atoms with van der Waals surface area (Å²) >= 11 is 0. The van der Waals surface area contributed by atoms with Crippen molar-refractivity contribution in [2.75, 3.05) is 0 Å². The van der Waals surface area contributed by atoms with E-state index in [9.17, 15) is 0 Å². The number of hydrogen-bond donors (Lipinski definition) is 2. The standard InChI is InChI=1S/C20H14N4.K/c1-2-14-10-16-5-6-18(23-16)12-20-8-7-19(24-20)11-17-4-3-15(22-17)9-13(1)21-14;/h1-12,21-22H;. The second-order valence-electron chi connectivity index (χ2n) is 5.91. The molecular formula is C20H14KN4. The first-order chi connectivity index (χ1) is 11.8. The maximum atomic E-state index is 4.62. The molecule has 3 aromatic rings. The molecule has 0 aliphatic carbocycles. The minimum absolute atomic E-state index is 0. The van der Waals surface area contributed by atoms with Crippen molar-refractivity contribution in [3.8, 4) is 0 Å². The molecule has 2 aliphatic rings. The fourth-order valence-electron chi connectivity index (χ4n) is 2.94. The van der Waals surface area contributed by atoms with Crippen LogP contribution in [0.3, 0.4) is 0 Å². The predicted octanol–water partition coefficient (Wildman–Crippen LogP) is 4.27. The van der Waals surface area contributed by atoms with Gasteiger partial charge in [0, 0.05) is 73.5 Å². The van der Waals surface area contributed by atoms with Crippen molar-refractivity contribution in [2.45, 2.75) is 0 Å². The van der Waals surface area contributed by atoms with Gasteiger partial charge in [-0.1, -0.05) is 0 Å². The fourth-order valence-corrected chi connectivity index (χ4v) is 2.94. The predicted molar refractivity (Wildman–Crippen MR) is 105 cm³/mol. The molecule has 3 aromatic heterocycles. The van der Waals surface area contributed by atoms with Crippen LogP contribution >= 0.6 is 0 Å². The molecule has 0 saturated heterocycles. The van der Waals surface area contributed by atoms with E-state index in [1.807, 2.05) is 42.5 Å². The summed E-state index contributed by atoms with van der Waals surface area (Å²) in [5.41, 5.74) is 7.86. The molecule has 2 N–H and O–H groups in total. The van der Waals surface area contributed by atoms with E-state index in [0.717, 1.165) is 44.8 Å². The summed E-state index contributed by atoms with van der Waals surface area (Å²) in [7, 11) is 0. The number of H-pyrrole nitrogens is 2. The van der Waals surface area contributed by atoms with Gasteiger partial charge < -0.3 is 9.97 Å². The first-order valence-corrected chi connectivity index (χ1v) is 7.85. The van der Waals surface area contributed by atoms with Crippen LogP contribution in [0, 0.1) is 0 Å². The Labute approximate surface area is 187 Å². The van der Waals surface area contributed by atoms with Gasteiger partial charge in [0.2, 0.25) is 0 Å². The average molecular weight is 349 g/mol. The second kappa shape index (κ2) is 6.86. The zero-order valence-corrected chi connectivity index (χ0v) is 16.9. The van der Waals surface area contributed by atoms with E-state index in [0.29, 0.717) is 0 Å². The largest absolute Gasteiger partial charge is 0.355 e. The zero-order chi connectivity index (χ0) is 15.9. The number of fused-ring (bicyclic) bond motifs is 8. The molecule has 0 saturated carbocycles. The quantitative estimate of drug-likeness (QED) is 0.410. The third kappa shape index (κ3) is 3.61. The van der Waals surface area contributed by atoms with Crippen molar-refractivity contribution >= 4 is 97.8 Å². The summed E-state index contributed by atoms with van der Waals surface area (Å²) in [5.74, 6) is 0. The van der Waals surface area contributed by atoms with Crippen LogP contribution in [0.15, 0.2) is 48.5 Å². The Morgan fingerprint density at radius 2 is 0.840 bits per heavy atom. The van der Waals surface area contributed by atoms with E-state index >= 15 is 0 Å². The van der Waals surface area contributed by atoms with Crippen molar-refractivity contribution in [3.05, 3.63) is 71.3 Å². The van der Waals surface area contributed by atoms with Crippen LogP contribution in [-0.2, 0) is 0 Å². The van der Waals surface area contributed by atoms with Gasteiger partial charge in [-0.2, -0.15) is 0 Å². The van der Waals surface area contributed by atoms with Gasteiger partial charge in [-0.3, -0.25) is 0 Å².